The van der Waals surface area contributed by atoms with Gasteiger partial charge in [-0.25, -0.2) is 4.98 Å². The molecule has 0 fully saturated rings. The number of pyridine rings is 1. The van der Waals surface area contributed by atoms with Gasteiger partial charge in [-0.2, -0.15) is 0 Å². The maximum Gasteiger partial charge on any atom is 0.255 e. The minimum absolute atomic E-state index is 0. The molecule has 0 unspecified atom stereocenters. The van der Waals surface area contributed by atoms with E-state index in [9.17, 15) is 4.79 Å². The summed E-state index contributed by atoms with van der Waals surface area (Å²) >= 11 is 0. The number of amides is 1. The van der Waals surface area contributed by atoms with Crippen LogP contribution in [-0.4, -0.2) is 15.9 Å². The van der Waals surface area contributed by atoms with E-state index in [2.05, 4.69) is 15.3 Å². The molecule has 2 aromatic heterocycles. The number of hydrogen-bond acceptors (Lipinski definition) is 2. The number of aromatic amines is 1. The monoisotopic (exact) mass is 309 g/mol. The fourth-order valence-corrected chi connectivity index (χ4v) is 1.85. The summed E-state index contributed by atoms with van der Waals surface area (Å²) in [6, 6.07) is 12.8. The molecule has 1 amide bonds. The van der Waals surface area contributed by atoms with E-state index in [4.69, 9.17) is 0 Å². The molecule has 3 rings (SSSR count). The molecule has 4 nitrogen and oxygen atoms in total. The van der Waals surface area contributed by atoms with Crippen molar-refractivity contribution in [2.75, 3.05) is 5.32 Å². The smallest absolute Gasteiger partial charge is 0.255 e. The van der Waals surface area contributed by atoms with E-state index >= 15 is 0 Å². The summed E-state index contributed by atoms with van der Waals surface area (Å²) in [5.41, 5.74) is 2.16. The molecule has 0 aliphatic carbocycles. The third-order valence-corrected chi connectivity index (χ3v) is 2.74. The summed E-state index contributed by atoms with van der Waals surface area (Å²) in [6.07, 6.45) is 3.47. The van der Waals surface area contributed by atoms with Crippen LogP contribution in [-0.2, 0) is 0 Å². The molecule has 3 aromatic rings. The molecule has 0 bridgehead atoms. The Morgan fingerprint density at radius 1 is 1.05 bits per heavy atom. The van der Waals surface area contributed by atoms with E-state index in [-0.39, 0.29) is 30.7 Å². The van der Waals surface area contributed by atoms with Gasteiger partial charge >= 0.3 is 0 Å². The second-order valence-corrected chi connectivity index (χ2v) is 3.92. The Balaban J connectivity index is 0.000001000. The average molecular weight is 310 g/mol. The molecule has 2 N–H and O–H groups in total. The fraction of sp³-hybridized carbons (Fsp3) is 0. The molecule has 2 heterocycles. The molecular formula is C14H13Cl2N3O. The van der Waals surface area contributed by atoms with E-state index in [1.165, 1.54) is 0 Å². The topological polar surface area (TPSA) is 57.8 Å². The summed E-state index contributed by atoms with van der Waals surface area (Å²) in [6.45, 7) is 0. The first kappa shape index (κ1) is 16.0. The highest BCUT2D eigenvalue weighted by molar-refractivity contribution is 6.08. The zero-order valence-electron chi connectivity index (χ0n) is 10.4. The van der Waals surface area contributed by atoms with Gasteiger partial charge in [0.05, 0.1) is 5.69 Å². The molecule has 0 aliphatic heterocycles. The molecule has 104 valence electrons. The van der Waals surface area contributed by atoms with Crippen LogP contribution in [0.5, 0.6) is 0 Å². The number of carbonyl (C=O) groups is 1. The number of rotatable bonds is 2. The largest absolute Gasteiger partial charge is 0.346 e. The third kappa shape index (κ3) is 3.10. The van der Waals surface area contributed by atoms with Crippen LogP contribution in [0, 0.1) is 0 Å². The van der Waals surface area contributed by atoms with Crippen LogP contribution < -0.4 is 5.32 Å². The van der Waals surface area contributed by atoms with Crippen LogP contribution >= 0.6 is 24.8 Å². The van der Waals surface area contributed by atoms with Crippen molar-refractivity contribution in [3.8, 4) is 0 Å². The average Bonchev–Trinajstić information content (AvgIpc) is 2.89. The van der Waals surface area contributed by atoms with E-state index < -0.39 is 0 Å². The fourth-order valence-electron chi connectivity index (χ4n) is 1.85. The summed E-state index contributed by atoms with van der Waals surface area (Å²) in [5, 5.41) is 3.79. The number of anilines is 1. The van der Waals surface area contributed by atoms with Crippen molar-refractivity contribution in [3.05, 3.63) is 60.4 Å². The Kier molecular flexibility index (Phi) is 5.55. The molecule has 0 radical (unpaired) electrons. The van der Waals surface area contributed by atoms with Crippen LogP contribution in [0.15, 0.2) is 54.9 Å². The van der Waals surface area contributed by atoms with Gasteiger partial charge in [-0.1, -0.05) is 18.2 Å². The first-order chi connectivity index (χ1) is 8.84. The number of nitrogens with zero attached hydrogens (tertiary/aromatic N) is 1. The predicted molar refractivity (Wildman–Crippen MR) is 85.0 cm³/mol. The van der Waals surface area contributed by atoms with Crippen molar-refractivity contribution in [3.63, 3.8) is 0 Å². The van der Waals surface area contributed by atoms with E-state index in [0.717, 1.165) is 16.7 Å². The van der Waals surface area contributed by atoms with E-state index in [0.29, 0.717) is 5.56 Å². The van der Waals surface area contributed by atoms with Crippen LogP contribution in [0.4, 0.5) is 5.69 Å². The lowest BCUT2D eigenvalue weighted by molar-refractivity contribution is 0.102. The highest BCUT2D eigenvalue weighted by Crippen LogP contribution is 2.20. The lowest BCUT2D eigenvalue weighted by Gasteiger charge is -2.05. The highest BCUT2D eigenvalue weighted by atomic mass is 35.5. The second-order valence-electron chi connectivity index (χ2n) is 3.92. The molecule has 0 spiro atoms. The van der Waals surface area contributed by atoms with Gasteiger partial charge in [-0.05, 0) is 24.3 Å². The summed E-state index contributed by atoms with van der Waals surface area (Å²) in [4.78, 5) is 19.2. The number of halogens is 2. The van der Waals surface area contributed by atoms with Crippen molar-refractivity contribution in [1.29, 1.82) is 0 Å². The maximum absolute atomic E-state index is 12.0. The number of nitrogens with one attached hydrogen (secondary N) is 2. The molecule has 6 heteroatoms. The number of fused-ring (bicyclic) bond motifs is 1. The minimum atomic E-state index is -0.121. The normalized spacial score (nSPS) is 9.40. The summed E-state index contributed by atoms with van der Waals surface area (Å²) in [5.74, 6) is -0.121. The number of carbonyl (C=O) groups excluding carboxylic acids is 1. The van der Waals surface area contributed by atoms with Gasteiger partial charge in [-0.15, -0.1) is 24.8 Å². The van der Waals surface area contributed by atoms with Gasteiger partial charge in [0.1, 0.15) is 5.65 Å². The van der Waals surface area contributed by atoms with E-state index in [1.807, 2.05) is 24.3 Å². The second kappa shape index (κ2) is 6.93. The molecule has 0 atom stereocenters. The van der Waals surface area contributed by atoms with Gasteiger partial charge < -0.3 is 10.3 Å². The first-order valence-electron chi connectivity index (χ1n) is 5.63. The predicted octanol–water partition coefficient (Wildman–Crippen LogP) is 3.66. The van der Waals surface area contributed by atoms with Gasteiger partial charge in [0, 0.05) is 23.3 Å². The number of aromatic nitrogens is 2. The van der Waals surface area contributed by atoms with Crippen LogP contribution in [0.25, 0.3) is 11.0 Å². The SMILES string of the molecule is Cl.Cl.O=C(Nc1ccnc2[nH]ccc12)c1ccccc1. The van der Waals surface area contributed by atoms with Crippen LogP contribution in [0.2, 0.25) is 0 Å². The molecule has 0 aliphatic rings. The molecule has 1 aromatic carbocycles. The van der Waals surface area contributed by atoms with Gasteiger partial charge in [-0.3, -0.25) is 4.79 Å². The summed E-state index contributed by atoms with van der Waals surface area (Å²) in [7, 11) is 0. The standard InChI is InChI=1S/C14H11N3O.2ClH/c18-14(10-4-2-1-3-5-10)17-12-7-9-16-13-11(12)6-8-15-13;;/h1-9H,(H2,15,16,17,18);2*1H. The lowest BCUT2D eigenvalue weighted by Crippen LogP contribution is -2.11. The number of H-pyrrole nitrogens is 1. The summed E-state index contributed by atoms with van der Waals surface area (Å²) < 4.78 is 0. The van der Waals surface area contributed by atoms with Crippen LogP contribution in [0.1, 0.15) is 10.4 Å². The van der Waals surface area contributed by atoms with E-state index in [1.54, 1.807) is 30.6 Å². The quantitative estimate of drug-likeness (QED) is 0.759. The van der Waals surface area contributed by atoms with Gasteiger partial charge in [0.2, 0.25) is 0 Å². The van der Waals surface area contributed by atoms with Crippen molar-refractivity contribution in [2.24, 2.45) is 0 Å². The van der Waals surface area contributed by atoms with Gasteiger partial charge in [0.15, 0.2) is 0 Å². The maximum atomic E-state index is 12.0. The Hall–Kier alpha value is -2.04. The Bertz CT molecular complexity index is 698. The van der Waals surface area contributed by atoms with Gasteiger partial charge in [0.25, 0.3) is 5.91 Å². The highest BCUT2D eigenvalue weighted by Gasteiger charge is 2.08. The molecular weight excluding hydrogens is 297 g/mol. The molecule has 20 heavy (non-hydrogen) atoms. The molecule has 0 saturated heterocycles. The zero-order valence-corrected chi connectivity index (χ0v) is 12.0. The van der Waals surface area contributed by atoms with Crippen molar-refractivity contribution >= 4 is 47.4 Å². The number of hydrogen-bond donors (Lipinski definition) is 2. The van der Waals surface area contributed by atoms with Crippen molar-refractivity contribution in [1.82, 2.24) is 9.97 Å². The zero-order chi connectivity index (χ0) is 12.4. The Labute approximate surface area is 128 Å². The van der Waals surface area contributed by atoms with Crippen molar-refractivity contribution in [2.45, 2.75) is 0 Å². The van der Waals surface area contributed by atoms with Crippen molar-refractivity contribution < 1.29 is 4.79 Å². The molecule has 0 saturated carbocycles. The first-order valence-corrected chi connectivity index (χ1v) is 5.63. The third-order valence-electron chi connectivity index (χ3n) is 2.74. The Morgan fingerprint density at radius 2 is 1.80 bits per heavy atom. The lowest BCUT2D eigenvalue weighted by atomic mass is 10.2. The minimum Gasteiger partial charge on any atom is -0.346 e. The van der Waals surface area contributed by atoms with Crippen LogP contribution in [0.3, 0.4) is 0 Å². The Morgan fingerprint density at radius 3 is 2.55 bits per heavy atom. The number of benzene rings is 1.